The molecule has 2 aromatic rings. The Morgan fingerprint density at radius 3 is 2.58 bits per heavy atom. The molecule has 1 saturated heterocycles. The molecular formula is C18H20N4O2. The summed E-state index contributed by atoms with van der Waals surface area (Å²) in [6.07, 6.45) is 5.61. The zero-order valence-electron chi connectivity index (χ0n) is 13.4. The molecule has 1 fully saturated rings. The normalized spacial score (nSPS) is 20.4. The van der Waals surface area contributed by atoms with Crippen LogP contribution >= 0.6 is 0 Å². The monoisotopic (exact) mass is 324 g/mol. The van der Waals surface area contributed by atoms with E-state index < -0.39 is 0 Å². The lowest BCUT2D eigenvalue weighted by Crippen LogP contribution is -2.42. The largest absolute Gasteiger partial charge is 0.349 e. The van der Waals surface area contributed by atoms with E-state index in [4.69, 9.17) is 0 Å². The maximum absolute atomic E-state index is 12.4. The van der Waals surface area contributed by atoms with E-state index in [1.807, 2.05) is 17.0 Å². The second kappa shape index (κ2) is 6.11. The summed E-state index contributed by atoms with van der Waals surface area (Å²) in [7, 11) is 0. The van der Waals surface area contributed by atoms with Gasteiger partial charge in [0, 0.05) is 31.4 Å². The third kappa shape index (κ3) is 2.91. The van der Waals surface area contributed by atoms with Crippen molar-refractivity contribution >= 4 is 11.8 Å². The number of hydrogen-bond acceptors (Lipinski definition) is 3. The van der Waals surface area contributed by atoms with Crippen LogP contribution in [0, 0.1) is 0 Å². The number of likely N-dealkylation sites (tertiary alicyclic amines) is 1. The summed E-state index contributed by atoms with van der Waals surface area (Å²) in [4.78, 5) is 26.4. The zero-order valence-corrected chi connectivity index (χ0v) is 13.4. The molecule has 2 amide bonds. The molecule has 2 aliphatic rings. The average Bonchev–Trinajstić information content (AvgIpc) is 3.26. The van der Waals surface area contributed by atoms with Gasteiger partial charge in [-0.25, -0.2) is 0 Å². The summed E-state index contributed by atoms with van der Waals surface area (Å²) in [6, 6.07) is 10.3. The number of carbonyl (C=O) groups is 2. The Bertz CT molecular complexity index is 731. The third-order valence-corrected chi connectivity index (χ3v) is 4.86. The molecule has 24 heavy (non-hydrogen) atoms. The topological polar surface area (TPSA) is 67.2 Å². The van der Waals surface area contributed by atoms with Gasteiger partial charge in [0.2, 0.25) is 11.8 Å². The van der Waals surface area contributed by atoms with Crippen LogP contribution in [0.5, 0.6) is 0 Å². The Balaban J connectivity index is 1.35. The number of rotatable bonds is 4. The molecule has 1 aliphatic carbocycles. The highest BCUT2D eigenvalue weighted by atomic mass is 16.2. The molecular weight excluding hydrogens is 304 g/mol. The summed E-state index contributed by atoms with van der Waals surface area (Å²) in [6.45, 7) is 0.787. The summed E-state index contributed by atoms with van der Waals surface area (Å²) in [5.74, 6) is 0.0326. The van der Waals surface area contributed by atoms with Crippen LogP contribution in [0.15, 0.2) is 42.7 Å². The number of carbonyl (C=O) groups excluding carboxylic acids is 2. The molecule has 0 bridgehead atoms. The molecule has 1 aromatic carbocycles. The van der Waals surface area contributed by atoms with Crippen molar-refractivity contribution in [2.75, 3.05) is 6.54 Å². The number of benzene rings is 1. The van der Waals surface area contributed by atoms with Crippen molar-refractivity contribution in [3.05, 3.63) is 53.9 Å². The number of nitrogens with one attached hydrogen (secondary N) is 1. The first kappa shape index (κ1) is 14.9. The van der Waals surface area contributed by atoms with Gasteiger partial charge in [0.1, 0.15) is 6.54 Å². The van der Waals surface area contributed by atoms with E-state index in [1.54, 1.807) is 23.1 Å². The number of hydrogen-bond donors (Lipinski definition) is 1. The van der Waals surface area contributed by atoms with E-state index in [0.29, 0.717) is 13.0 Å². The number of fused-ring (bicyclic) bond motifs is 1. The van der Waals surface area contributed by atoms with Crippen molar-refractivity contribution < 1.29 is 9.59 Å². The molecule has 1 aliphatic heterocycles. The highest BCUT2D eigenvalue weighted by Gasteiger charge is 2.37. The van der Waals surface area contributed by atoms with Crippen molar-refractivity contribution in [3.8, 4) is 0 Å². The maximum atomic E-state index is 12.4. The van der Waals surface area contributed by atoms with Crippen molar-refractivity contribution in [1.82, 2.24) is 20.0 Å². The first-order valence-corrected chi connectivity index (χ1v) is 8.32. The smallest absolute Gasteiger partial charge is 0.242 e. The van der Waals surface area contributed by atoms with Crippen LogP contribution in [0.25, 0.3) is 0 Å². The van der Waals surface area contributed by atoms with Crippen LogP contribution in [0.3, 0.4) is 0 Å². The second-order valence-corrected chi connectivity index (χ2v) is 6.55. The molecule has 0 radical (unpaired) electrons. The average molecular weight is 324 g/mol. The van der Waals surface area contributed by atoms with Crippen molar-refractivity contribution in [2.24, 2.45) is 0 Å². The van der Waals surface area contributed by atoms with Crippen LogP contribution in [0.1, 0.15) is 17.5 Å². The zero-order chi connectivity index (χ0) is 16.5. The van der Waals surface area contributed by atoms with Gasteiger partial charge in [-0.3, -0.25) is 14.3 Å². The SMILES string of the molecule is O=C(Cn1cccn1)NC1CC(=O)N(C2Cc3ccccc3C2)C1. The fourth-order valence-electron chi connectivity index (χ4n) is 3.75. The van der Waals surface area contributed by atoms with Gasteiger partial charge in [0.15, 0.2) is 0 Å². The van der Waals surface area contributed by atoms with Gasteiger partial charge in [-0.2, -0.15) is 5.10 Å². The van der Waals surface area contributed by atoms with Crippen molar-refractivity contribution in [3.63, 3.8) is 0 Å². The minimum atomic E-state index is -0.107. The van der Waals surface area contributed by atoms with Gasteiger partial charge in [-0.15, -0.1) is 0 Å². The van der Waals surface area contributed by atoms with Gasteiger partial charge >= 0.3 is 0 Å². The van der Waals surface area contributed by atoms with E-state index in [-0.39, 0.29) is 30.4 Å². The highest BCUT2D eigenvalue weighted by molar-refractivity contribution is 5.82. The number of aromatic nitrogens is 2. The molecule has 1 unspecified atom stereocenters. The molecule has 6 nitrogen and oxygen atoms in total. The van der Waals surface area contributed by atoms with Crippen molar-refractivity contribution in [2.45, 2.75) is 37.9 Å². The Morgan fingerprint density at radius 2 is 1.92 bits per heavy atom. The molecule has 2 heterocycles. The number of nitrogens with zero attached hydrogens (tertiary/aromatic N) is 3. The predicted molar refractivity (Wildman–Crippen MR) is 88.1 cm³/mol. The van der Waals surface area contributed by atoms with E-state index in [0.717, 1.165) is 12.8 Å². The predicted octanol–water partition coefficient (Wildman–Crippen LogP) is 0.768. The molecule has 0 saturated carbocycles. The highest BCUT2D eigenvalue weighted by Crippen LogP contribution is 2.28. The minimum Gasteiger partial charge on any atom is -0.349 e. The van der Waals surface area contributed by atoms with Gasteiger partial charge < -0.3 is 10.2 Å². The van der Waals surface area contributed by atoms with E-state index in [1.165, 1.54) is 11.1 Å². The maximum Gasteiger partial charge on any atom is 0.242 e. The number of amides is 2. The Morgan fingerprint density at radius 1 is 1.17 bits per heavy atom. The third-order valence-electron chi connectivity index (χ3n) is 4.86. The Kier molecular flexibility index (Phi) is 3.80. The first-order chi connectivity index (χ1) is 11.7. The molecule has 4 rings (SSSR count). The van der Waals surface area contributed by atoms with Crippen LogP contribution in [-0.2, 0) is 29.0 Å². The Labute approximate surface area is 140 Å². The summed E-state index contributed by atoms with van der Waals surface area (Å²) < 4.78 is 1.58. The summed E-state index contributed by atoms with van der Waals surface area (Å²) in [5, 5.41) is 6.99. The Hall–Kier alpha value is -2.63. The van der Waals surface area contributed by atoms with Gasteiger partial charge in [-0.1, -0.05) is 24.3 Å². The molecule has 1 aromatic heterocycles. The fourth-order valence-corrected chi connectivity index (χ4v) is 3.75. The molecule has 1 atom stereocenters. The van der Waals surface area contributed by atoms with Crippen molar-refractivity contribution in [1.29, 1.82) is 0 Å². The second-order valence-electron chi connectivity index (χ2n) is 6.55. The lowest BCUT2D eigenvalue weighted by molar-refractivity contribution is -0.129. The standard InChI is InChI=1S/C18H20N4O2/c23-17(12-21-7-3-6-19-21)20-15-10-18(24)22(11-15)16-8-13-4-1-2-5-14(13)9-16/h1-7,15-16H,8-12H2,(H,20,23). The fraction of sp³-hybridized carbons (Fsp3) is 0.389. The molecule has 6 heteroatoms. The first-order valence-electron chi connectivity index (χ1n) is 8.32. The van der Waals surface area contributed by atoms with Gasteiger partial charge in [-0.05, 0) is 30.0 Å². The quantitative estimate of drug-likeness (QED) is 0.903. The molecule has 0 spiro atoms. The minimum absolute atomic E-state index is 0.104. The van der Waals surface area contributed by atoms with Crippen LogP contribution < -0.4 is 5.32 Å². The van der Waals surface area contributed by atoms with E-state index >= 15 is 0 Å². The van der Waals surface area contributed by atoms with Crippen LogP contribution in [0.4, 0.5) is 0 Å². The molecule has 1 N–H and O–H groups in total. The molecule has 124 valence electrons. The van der Waals surface area contributed by atoms with Gasteiger partial charge in [0.05, 0.1) is 6.04 Å². The lowest BCUT2D eigenvalue weighted by Gasteiger charge is -2.24. The van der Waals surface area contributed by atoms with Gasteiger partial charge in [0.25, 0.3) is 0 Å². The van der Waals surface area contributed by atoms with Crippen LogP contribution in [0.2, 0.25) is 0 Å². The van der Waals surface area contributed by atoms with Crippen LogP contribution in [-0.4, -0.2) is 45.1 Å². The lowest BCUT2D eigenvalue weighted by atomic mass is 10.1. The van der Waals surface area contributed by atoms with E-state index in [9.17, 15) is 9.59 Å². The summed E-state index contributed by atoms with van der Waals surface area (Å²) in [5.41, 5.74) is 2.67. The van der Waals surface area contributed by atoms with E-state index in [2.05, 4.69) is 22.5 Å². The summed E-state index contributed by atoms with van der Waals surface area (Å²) >= 11 is 0.